The molecule has 2 heterocycles. The van der Waals surface area contributed by atoms with E-state index in [0.29, 0.717) is 24.3 Å². The molecule has 5 nitrogen and oxygen atoms in total. The molecule has 20 heavy (non-hydrogen) atoms. The van der Waals surface area contributed by atoms with Gasteiger partial charge < -0.3 is 14.7 Å². The summed E-state index contributed by atoms with van der Waals surface area (Å²) in [6.45, 7) is 5.10. The van der Waals surface area contributed by atoms with Crippen LogP contribution in [0.25, 0.3) is 0 Å². The van der Waals surface area contributed by atoms with Crippen molar-refractivity contribution in [2.24, 2.45) is 5.92 Å². The molecule has 114 valence electrons. The highest BCUT2D eigenvalue weighted by atomic mass is 16.5. The summed E-state index contributed by atoms with van der Waals surface area (Å²) in [5.41, 5.74) is 0. The quantitative estimate of drug-likeness (QED) is 0.814. The lowest BCUT2D eigenvalue weighted by atomic mass is 9.94. The molecule has 0 aromatic heterocycles. The molecular weight excluding hydrogens is 256 g/mol. The lowest BCUT2D eigenvalue weighted by Crippen LogP contribution is -2.53. The number of nitrogens with zero attached hydrogens (tertiary/aromatic N) is 2. The van der Waals surface area contributed by atoms with Gasteiger partial charge in [0.1, 0.15) is 0 Å². The Morgan fingerprint density at radius 3 is 2.80 bits per heavy atom. The van der Waals surface area contributed by atoms with Gasteiger partial charge in [-0.1, -0.05) is 6.42 Å². The van der Waals surface area contributed by atoms with E-state index in [1.165, 1.54) is 0 Å². The second kappa shape index (κ2) is 6.41. The van der Waals surface area contributed by atoms with E-state index in [9.17, 15) is 9.90 Å². The fourth-order valence-electron chi connectivity index (χ4n) is 3.94. The molecule has 3 fully saturated rings. The number of carbonyl (C=O) groups is 1. The van der Waals surface area contributed by atoms with Crippen LogP contribution in [0, 0.1) is 5.92 Å². The Hall–Kier alpha value is -0.650. The first kappa shape index (κ1) is 14.3. The summed E-state index contributed by atoms with van der Waals surface area (Å²) < 4.78 is 5.63. The molecule has 2 saturated heterocycles. The molecule has 1 aliphatic carbocycles. The van der Waals surface area contributed by atoms with Crippen molar-refractivity contribution in [2.45, 2.75) is 44.2 Å². The number of rotatable bonds is 4. The number of aliphatic hydroxyl groups excluding tert-OH is 1. The van der Waals surface area contributed by atoms with Crippen LogP contribution >= 0.6 is 0 Å². The summed E-state index contributed by atoms with van der Waals surface area (Å²) in [7, 11) is 0. The Morgan fingerprint density at radius 1 is 1.20 bits per heavy atom. The summed E-state index contributed by atoms with van der Waals surface area (Å²) in [5.74, 6) is 0.653. The Kier molecular flexibility index (Phi) is 4.58. The maximum absolute atomic E-state index is 11.7. The smallest absolute Gasteiger partial charge is 0.222 e. The number of carbonyl (C=O) groups excluding carboxylic acids is 1. The van der Waals surface area contributed by atoms with Gasteiger partial charge in [-0.3, -0.25) is 9.69 Å². The van der Waals surface area contributed by atoms with Crippen molar-refractivity contribution in [3.8, 4) is 0 Å². The van der Waals surface area contributed by atoms with Crippen molar-refractivity contribution in [3.05, 3.63) is 0 Å². The predicted molar refractivity (Wildman–Crippen MR) is 75.3 cm³/mol. The van der Waals surface area contributed by atoms with Crippen LogP contribution in [0.2, 0.25) is 0 Å². The molecule has 1 N–H and O–H groups in total. The van der Waals surface area contributed by atoms with E-state index in [0.717, 1.165) is 65.1 Å². The molecule has 3 rings (SSSR count). The van der Waals surface area contributed by atoms with Gasteiger partial charge in [0.15, 0.2) is 0 Å². The molecule has 0 aromatic carbocycles. The predicted octanol–water partition coefficient (Wildman–Crippen LogP) is 0.471. The first-order valence-electron chi connectivity index (χ1n) is 8.03. The van der Waals surface area contributed by atoms with Gasteiger partial charge in [-0.05, 0) is 19.3 Å². The summed E-state index contributed by atoms with van der Waals surface area (Å²) in [4.78, 5) is 16.1. The van der Waals surface area contributed by atoms with Crippen LogP contribution in [-0.4, -0.2) is 72.4 Å². The average Bonchev–Trinajstić information content (AvgIpc) is 3.06. The Labute approximate surface area is 120 Å². The van der Waals surface area contributed by atoms with E-state index in [2.05, 4.69) is 4.90 Å². The second-order valence-electron chi connectivity index (χ2n) is 6.32. The van der Waals surface area contributed by atoms with Crippen LogP contribution in [0.4, 0.5) is 0 Å². The third-order valence-electron chi connectivity index (χ3n) is 5.13. The summed E-state index contributed by atoms with van der Waals surface area (Å²) in [6.07, 6.45) is 4.72. The van der Waals surface area contributed by atoms with Crippen molar-refractivity contribution >= 4 is 5.91 Å². The van der Waals surface area contributed by atoms with Gasteiger partial charge in [0.2, 0.25) is 5.91 Å². The van der Waals surface area contributed by atoms with Crippen LogP contribution < -0.4 is 0 Å². The van der Waals surface area contributed by atoms with E-state index >= 15 is 0 Å². The Bertz CT molecular complexity index is 350. The van der Waals surface area contributed by atoms with Gasteiger partial charge in [0.05, 0.1) is 19.3 Å². The summed E-state index contributed by atoms with van der Waals surface area (Å²) in [6, 6.07) is 0.332. The SMILES string of the molecule is O=C1CCCN1CCN1CCOCC1C1CCCC1O. The van der Waals surface area contributed by atoms with Crippen LogP contribution in [-0.2, 0) is 9.53 Å². The number of amides is 1. The number of hydrogen-bond acceptors (Lipinski definition) is 4. The van der Waals surface area contributed by atoms with Crippen molar-refractivity contribution in [1.29, 1.82) is 0 Å². The minimum absolute atomic E-state index is 0.169. The fourth-order valence-corrected chi connectivity index (χ4v) is 3.94. The topological polar surface area (TPSA) is 53.0 Å². The van der Waals surface area contributed by atoms with Crippen LogP contribution in [0.1, 0.15) is 32.1 Å². The number of aliphatic hydroxyl groups is 1. The molecule has 2 aliphatic heterocycles. The van der Waals surface area contributed by atoms with Crippen molar-refractivity contribution in [1.82, 2.24) is 9.80 Å². The third-order valence-corrected chi connectivity index (χ3v) is 5.13. The summed E-state index contributed by atoms with van der Waals surface area (Å²) >= 11 is 0. The van der Waals surface area contributed by atoms with E-state index < -0.39 is 0 Å². The van der Waals surface area contributed by atoms with E-state index in [4.69, 9.17) is 4.74 Å². The monoisotopic (exact) mass is 282 g/mol. The van der Waals surface area contributed by atoms with Crippen LogP contribution in [0.3, 0.4) is 0 Å². The molecule has 3 atom stereocenters. The lowest BCUT2D eigenvalue weighted by molar-refractivity contribution is -0.128. The van der Waals surface area contributed by atoms with Gasteiger partial charge in [0, 0.05) is 44.6 Å². The molecular formula is C15H26N2O3. The highest BCUT2D eigenvalue weighted by Gasteiger charge is 2.37. The molecule has 0 bridgehead atoms. The van der Waals surface area contributed by atoms with Crippen molar-refractivity contribution < 1.29 is 14.6 Å². The zero-order valence-electron chi connectivity index (χ0n) is 12.2. The maximum atomic E-state index is 11.7. The van der Waals surface area contributed by atoms with Gasteiger partial charge in [-0.2, -0.15) is 0 Å². The third kappa shape index (κ3) is 3.00. The standard InChI is InChI=1S/C15H26N2O3/c18-14-4-1-3-12(14)13-11-20-10-9-16(13)7-8-17-6-2-5-15(17)19/h12-14,18H,1-11H2. The van der Waals surface area contributed by atoms with E-state index in [-0.39, 0.29) is 6.10 Å². The molecule has 1 saturated carbocycles. The minimum atomic E-state index is -0.169. The Morgan fingerprint density at radius 2 is 2.10 bits per heavy atom. The molecule has 3 aliphatic rings. The first-order valence-corrected chi connectivity index (χ1v) is 8.03. The van der Waals surface area contributed by atoms with E-state index in [1.807, 2.05) is 4.90 Å². The number of morpholine rings is 1. The Balaban J connectivity index is 1.56. The number of ether oxygens (including phenoxy) is 1. The first-order chi connectivity index (χ1) is 9.75. The zero-order valence-corrected chi connectivity index (χ0v) is 12.2. The largest absolute Gasteiger partial charge is 0.393 e. The zero-order chi connectivity index (χ0) is 13.9. The second-order valence-corrected chi connectivity index (χ2v) is 6.32. The van der Waals surface area contributed by atoms with Gasteiger partial charge >= 0.3 is 0 Å². The lowest BCUT2D eigenvalue weighted by Gasteiger charge is -2.40. The molecule has 0 aromatic rings. The van der Waals surface area contributed by atoms with E-state index in [1.54, 1.807) is 0 Å². The highest BCUT2D eigenvalue weighted by Crippen LogP contribution is 2.32. The molecule has 5 heteroatoms. The minimum Gasteiger partial charge on any atom is -0.393 e. The van der Waals surface area contributed by atoms with Gasteiger partial charge in [0.25, 0.3) is 0 Å². The van der Waals surface area contributed by atoms with Gasteiger partial charge in [-0.25, -0.2) is 0 Å². The molecule has 0 radical (unpaired) electrons. The normalized spacial score (nSPS) is 36.0. The van der Waals surface area contributed by atoms with Crippen molar-refractivity contribution in [3.63, 3.8) is 0 Å². The molecule has 1 amide bonds. The summed E-state index contributed by atoms with van der Waals surface area (Å²) in [5, 5.41) is 10.1. The van der Waals surface area contributed by atoms with Gasteiger partial charge in [-0.15, -0.1) is 0 Å². The fraction of sp³-hybridized carbons (Fsp3) is 0.933. The average molecular weight is 282 g/mol. The maximum Gasteiger partial charge on any atom is 0.222 e. The van der Waals surface area contributed by atoms with Crippen molar-refractivity contribution in [2.75, 3.05) is 39.4 Å². The number of hydrogen-bond donors (Lipinski definition) is 1. The van der Waals surface area contributed by atoms with Crippen LogP contribution in [0.5, 0.6) is 0 Å². The van der Waals surface area contributed by atoms with Crippen LogP contribution in [0.15, 0.2) is 0 Å². The molecule has 3 unspecified atom stereocenters. The molecule has 0 spiro atoms. The highest BCUT2D eigenvalue weighted by molar-refractivity contribution is 5.78. The number of likely N-dealkylation sites (tertiary alicyclic amines) is 1.